The number of carbonyl (C=O) groups excluding carboxylic acids is 2. The van der Waals surface area contributed by atoms with Crippen LogP contribution in [-0.2, 0) is 0 Å². The molecule has 0 saturated heterocycles. The molecule has 0 aliphatic rings. The summed E-state index contributed by atoms with van der Waals surface area (Å²) in [6.07, 6.45) is 1.39. The standard InChI is InChI=1S/C17H18FN3O2/c1-11(2)10-20-17(23)15-8-12(6-7-19-15)16(22)21-14-5-3-4-13(18)9-14/h3-9,11H,10H2,1-2H3,(H,20,23)(H,21,22). The number of anilines is 1. The van der Waals surface area contributed by atoms with Crippen LogP contribution in [0.15, 0.2) is 42.6 Å². The summed E-state index contributed by atoms with van der Waals surface area (Å²) in [5, 5.41) is 5.32. The molecule has 2 amide bonds. The fourth-order valence-corrected chi connectivity index (χ4v) is 1.85. The van der Waals surface area contributed by atoms with E-state index in [2.05, 4.69) is 15.6 Å². The van der Waals surface area contributed by atoms with E-state index in [4.69, 9.17) is 0 Å². The molecule has 1 aromatic carbocycles. The van der Waals surface area contributed by atoms with Crippen molar-refractivity contribution in [3.63, 3.8) is 0 Å². The molecule has 0 aliphatic carbocycles. The third kappa shape index (κ3) is 4.88. The van der Waals surface area contributed by atoms with Gasteiger partial charge in [-0.3, -0.25) is 14.6 Å². The fourth-order valence-electron chi connectivity index (χ4n) is 1.85. The monoisotopic (exact) mass is 315 g/mol. The van der Waals surface area contributed by atoms with Crippen molar-refractivity contribution in [2.45, 2.75) is 13.8 Å². The van der Waals surface area contributed by atoms with E-state index in [-0.39, 0.29) is 17.2 Å². The zero-order valence-electron chi connectivity index (χ0n) is 13.0. The highest BCUT2D eigenvalue weighted by Gasteiger charge is 2.12. The number of rotatable bonds is 5. The van der Waals surface area contributed by atoms with Crippen LogP contribution >= 0.6 is 0 Å². The van der Waals surface area contributed by atoms with Crippen molar-refractivity contribution in [1.82, 2.24) is 10.3 Å². The van der Waals surface area contributed by atoms with Crippen molar-refractivity contribution in [1.29, 1.82) is 0 Å². The van der Waals surface area contributed by atoms with Gasteiger partial charge in [0.2, 0.25) is 0 Å². The highest BCUT2D eigenvalue weighted by Crippen LogP contribution is 2.11. The molecule has 2 rings (SSSR count). The number of hydrogen-bond acceptors (Lipinski definition) is 3. The zero-order chi connectivity index (χ0) is 16.8. The van der Waals surface area contributed by atoms with Crippen molar-refractivity contribution >= 4 is 17.5 Å². The molecule has 120 valence electrons. The van der Waals surface area contributed by atoms with Crippen LogP contribution in [0.3, 0.4) is 0 Å². The Morgan fingerprint density at radius 1 is 1.17 bits per heavy atom. The number of hydrogen-bond donors (Lipinski definition) is 2. The Morgan fingerprint density at radius 3 is 2.65 bits per heavy atom. The van der Waals surface area contributed by atoms with Gasteiger partial charge in [-0.1, -0.05) is 19.9 Å². The molecular weight excluding hydrogens is 297 g/mol. The fraction of sp³-hybridized carbons (Fsp3) is 0.235. The van der Waals surface area contributed by atoms with E-state index in [1.165, 1.54) is 36.5 Å². The molecule has 0 radical (unpaired) electrons. The predicted molar refractivity (Wildman–Crippen MR) is 85.8 cm³/mol. The van der Waals surface area contributed by atoms with Gasteiger partial charge in [-0.15, -0.1) is 0 Å². The van der Waals surface area contributed by atoms with Crippen LogP contribution < -0.4 is 10.6 Å². The van der Waals surface area contributed by atoms with E-state index in [9.17, 15) is 14.0 Å². The van der Waals surface area contributed by atoms with Gasteiger partial charge in [0.25, 0.3) is 11.8 Å². The Labute approximate surface area is 133 Å². The molecule has 23 heavy (non-hydrogen) atoms. The number of pyridine rings is 1. The average molecular weight is 315 g/mol. The average Bonchev–Trinajstić information content (AvgIpc) is 2.52. The molecule has 0 aliphatic heterocycles. The summed E-state index contributed by atoms with van der Waals surface area (Å²) in [6, 6.07) is 8.49. The van der Waals surface area contributed by atoms with Crippen LogP contribution in [0.4, 0.5) is 10.1 Å². The Bertz CT molecular complexity index is 716. The molecule has 0 atom stereocenters. The van der Waals surface area contributed by atoms with Crippen molar-refractivity contribution in [2.75, 3.05) is 11.9 Å². The summed E-state index contributed by atoms with van der Waals surface area (Å²) in [5.41, 5.74) is 0.786. The minimum absolute atomic E-state index is 0.164. The third-order valence-electron chi connectivity index (χ3n) is 3.01. The van der Waals surface area contributed by atoms with Crippen LogP contribution in [0, 0.1) is 11.7 Å². The lowest BCUT2D eigenvalue weighted by molar-refractivity contribution is 0.0944. The van der Waals surface area contributed by atoms with Crippen LogP contribution in [0.2, 0.25) is 0 Å². The number of aromatic nitrogens is 1. The lowest BCUT2D eigenvalue weighted by atomic mass is 10.2. The number of nitrogens with one attached hydrogen (secondary N) is 2. The normalized spacial score (nSPS) is 10.4. The van der Waals surface area contributed by atoms with Gasteiger partial charge in [-0.05, 0) is 36.2 Å². The maximum atomic E-state index is 13.1. The van der Waals surface area contributed by atoms with E-state index >= 15 is 0 Å². The van der Waals surface area contributed by atoms with Gasteiger partial charge in [0.05, 0.1) is 0 Å². The van der Waals surface area contributed by atoms with Gasteiger partial charge in [0.15, 0.2) is 0 Å². The van der Waals surface area contributed by atoms with Gasteiger partial charge in [-0.2, -0.15) is 0 Å². The van der Waals surface area contributed by atoms with Crippen molar-refractivity contribution < 1.29 is 14.0 Å². The minimum Gasteiger partial charge on any atom is -0.350 e. The Morgan fingerprint density at radius 2 is 1.96 bits per heavy atom. The largest absolute Gasteiger partial charge is 0.350 e. The van der Waals surface area contributed by atoms with Crippen LogP contribution in [0.1, 0.15) is 34.7 Å². The zero-order valence-corrected chi connectivity index (χ0v) is 13.0. The Balaban J connectivity index is 2.09. The highest BCUT2D eigenvalue weighted by molar-refractivity contribution is 6.05. The molecule has 6 heteroatoms. The summed E-state index contributed by atoms with van der Waals surface area (Å²) < 4.78 is 13.1. The van der Waals surface area contributed by atoms with Crippen LogP contribution in [0.5, 0.6) is 0 Å². The summed E-state index contributed by atoms with van der Waals surface area (Å²) in [5.74, 6) is -0.889. The highest BCUT2D eigenvalue weighted by atomic mass is 19.1. The molecule has 0 bridgehead atoms. The number of nitrogens with zero attached hydrogens (tertiary/aromatic N) is 1. The first-order valence-corrected chi connectivity index (χ1v) is 7.27. The molecule has 0 saturated carbocycles. The lowest BCUT2D eigenvalue weighted by Gasteiger charge is -2.08. The van der Waals surface area contributed by atoms with Gasteiger partial charge in [0.1, 0.15) is 11.5 Å². The van der Waals surface area contributed by atoms with Crippen LogP contribution in [0.25, 0.3) is 0 Å². The molecule has 1 aromatic heterocycles. The van der Waals surface area contributed by atoms with Gasteiger partial charge < -0.3 is 10.6 Å². The Kier molecular flexibility index (Phi) is 5.41. The second-order valence-electron chi connectivity index (χ2n) is 5.50. The minimum atomic E-state index is -0.439. The maximum absolute atomic E-state index is 13.1. The number of halogens is 1. The smallest absolute Gasteiger partial charge is 0.269 e. The van der Waals surface area contributed by atoms with Crippen LogP contribution in [-0.4, -0.2) is 23.3 Å². The molecule has 5 nitrogen and oxygen atoms in total. The van der Waals surface area contributed by atoms with Gasteiger partial charge in [0, 0.05) is 24.0 Å². The van der Waals surface area contributed by atoms with Gasteiger partial charge in [-0.25, -0.2) is 4.39 Å². The first-order valence-electron chi connectivity index (χ1n) is 7.27. The van der Waals surface area contributed by atoms with E-state index in [1.807, 2.05) is 13.8 Å². The van der Waals surface area contributed by atoms with E-state index < -0.39 is 11.7 Å². The molecule has 0 spiro atoms. The summed E-state index contributed by atoms with van der Waals surface area (Å²) in [4.78, 5) is 28.1. The first-order chi connectivity index (χ1) is 11.0. The topological polar surface area (TPSA) is 71.1 Å². The molecule has 0 unspecified atom stereocenters. The van der Waals surface area contributed by atoms with Gasteiger partial charge >= 0.3 is 0 Å². The van der Waals surface area contributed by atoms with Crippen molar-refractivity contribution in [2.24, 2.45) is 5.92 Å². The maximum Gasteiger partial charge on any atom is 0.269 e. The molecule has 1 heterocycles. The SMILES string of the molecule is CC(C)CNC(=O)c1cc(C(=O)Nc2cccc(F)c2)ccn1. The quantitative estimate of drug-likeness (QED) is 0.891. The van der Waals surface area contributed by atoms with E-state index in [1.54, 1.807) is 6.07 Å². The molecule has 0 fully saturated rings. The van der Waals surface area contributed by atoms with Crippen molar-refractivity contribution in [3.05, 3.63) is 59.7 Å². The summed E-state index contributed by atoms with van der Waals surface area (Å²) in [7, 11) is 0. The molecular formula is C17H18FN3O2. The first kappa shape index (κ1) is 16.6. The molecule has 2 aromatic rings. The number of carbonyl (C=O) groups is 2. The molecule has 2 N–H and O–H groups in total. The van der Waals surface area contributed by atoms with E-state index in [0.29, 0.717) is 18.2 Å². The number of benzene rings is 1. The lowest BCUT2D eigenvalue weighted by Crippen LogP contribution is -2.28. The van der Waals surface area contributed by atoms with E-state index in [0.717, 1.165) is 0 Å². The number of amides is 2. The summed E-state index contributed by atoms with van der Waals surface area (Å²) in [6.45, 7) is 4.49. The third-order valence-corrected chi connectivity index (χ3v) is 3.01. The summed E-state index contributed by atoms with van der Waals surface area (Å²) >= 11 is 0. The second-order valence-corrected chi connectivity index (χ2v) is 5.50. The van der Waals surface area contributed by atoms with Crippen molar-refractivity contribution in [3.8, 4) is 0 Å². The Hall–Kier alpha value is -2.76. The predicted octanol–water partition coefficient (Wildman–Crippen LogP) is 2.86. The second kappa shape index (κ2) is 7.49.